The van der Waals surface area contributed by atoms with Gasteiger partial charge in [0, 0.05) is 6.54 Å². The second kappa shape index (κ2) is 8.00. The Morgan fingerprint density at radius 1 is 0.885 bits per heavy atom. The van der Waals surface area contributed by atoms with E-state index in [4.69, 9.17) is 14.2 Å². The van der Waals surface area contributed by atoms with Crippen LogP contribution in [0.5, 0.6) is 17.2 Å². The van der Waals surface area contributed by atoms with Crippen molar-refractivity contribution in [3.05, 3.63) is 52.1 Å². The molecule has 1 N–H and O–H groups in total. The maximum absolute atomic E-state index is 5.86. The van der Waals surface area contributed by atoms with Crippen molar-refractivity contribution < 1.29 is 14.2 Å². The Bertz CT molecular complexity index is 785. The smallest absolute Gasteiger partial charge is 0.161 e. The molecular formula is C22H29NO3. The molecule has 4 heteroatoms. The molecule has 0 fully saturated rings. The Labute approximate surface area is 156 Å². The van der Waals surface area contributed by atoms with Crippen LogP contribution in [0.2, 0.25) is 0 Å². The summed E-state index contributed by atoms with van der Waals surface area (Å²) in [5, 5.41) is 3.68. The third-order valence-corrected chi connectivity index (χ3v) is 4.95. The highest BCUT2D eigenvalue weighted by molar-refractivity contribution is 5.53. The van der Waals surface area contributed by atoms with Crippen LogP contribution < -0.4 is 19.5 Å². The summed E-state index contributed by atoms with van der Waals surface area (Å²) in [6.07, 6.45) is 0.993. The number of benzene rings is 2. The first kappa shape index (κ1) is 18.6. The fourth-order valence-electron chi connectivity index (χ4n) is 3.72. The van der Waals surface area contributed by atoms with Gasteiger partial charge in [0.1, 0.15) is 5.75 Å². The van der Waals surface area contributed by atoms with Crippen LogP contribution >= 0.6 is 0 Å². The van der Waals surface area contributed by atoms with Crippen molar-refractivity contribution in [1.82, 2.24) is 5.32 Å². The first-order chi connectivity index (χ1) is 12.6. The topological polar surface area (TPSA) is 39.7 Å². The average Bonchev–Trinajstić information content (AvgIpc) is 2.64. The molecule has 0 saturated carbocycles. The van der Waals surface area contributed by atoms with Crippen LogP contribution in [-0.4, -0.2) is 26.9 Å². The van der Waals surface area contributed by atoms with E-state index in [1.54, 1.807) is 7.11 Å². The van der Waals surface area contributed by atoms with E-state index in [9.17, 15) is 0 Å². The second-order valence-electron chi connectivity index (χ2n) is 6.68. The Kier molecular flexibility index (Phi) is 5.72. The number of methoxy groups -OCH3 is 1. The predicted octanol–water partition coefficient (Wildman–Crippen LogP) is 4.34. The fourth-order valence-corrected chi connectivity index (χ4v) is 3.72. The van der Waals surface area contributed by atoms with Crippen LogP contribution in [0.4, 0.5) is 0 Å². The van der Waals surface area contributed by atoms with Gasteiger partial charge in [0.05, 0.1) is 26.4 Å². The summed E-state index contributed by atoms with van der Waals surface area (Å²) >= 11 is 0. The predicted molar refractivity (Wildman–Crippen MR) is 105 cm³/mol. The molecule has 0 amide bonds. The van der Waals surface area contributed by atoms with Crippen LogP contribution in [-0.2, 0) is 6.42 Å². The molecule has 3 rings (SSSR count). The molecule has 1 aliphatic rings. The minimum absolute atomic E-state index is 0.151. The number of hydrogen-bond donors (Lipinski definition) is 1. The number of rotatable bonds is 6. The standard InChI is InChI=1S/C22H29NO3/c1-6-25-20-12-16-8-9-23-22(18(16)13-21(20)26-7-2)17-10-15(4)19(24-5)11-14(17)3/h10-13,22-23H,6-9H2,1-5H3/t22-/m1/s1. The number of fused-ring (bicyclic) bond motifs is 1. The highest BCUT2D eigenvalue weighted by Gasteiger charge is 2.25. The van der Waals surface area contributed by atoms with Crippen molar-refractivity contribution >= 4 is 0 Å². The molecule has 0 unspecified atom stereocenters. The lowest BCUT2D eigenvalue weighted by atomic mass is 9.86. The second-order valence-corrected chi connectivity index (χ2v) is 6.68. The lowest BCUT2D eigenvalue weighted by molar-refractivity contribution is 0.286. The van der Waals surface area contributed by atoms with Crippen molar-refractivity contribution in [3.8, 4) is 17.2 Å². The molecule has 2 aromatic rings. The molecule has 1 aliphatic heterocycles. The number of nitrogens with one attached hydrogen (secondary N) is 1. The number of hydrogen-bond acceptors (Lipinski definition) is 4. The molecule has 0 radical (unpaired) electrons. The molecule has 4 nitrogen and oxygen atoms in total. The zero-order valence-electron chi connectivity index (χ0n) is 16.4. The van der Waals surface area contributed by atoms with E-state index in [0.29, 0.717) is 13.2 Å². The summed E-state index contributed by atoms with van der Waals surface area (Å²) in [6, 6.07) is 8.82. The largest absolute Gasteiger partial charge is 0.496 e. The Morgan fingerprint density at radius 3 is 2.23 bits per heavy atom. The van der Waals surface area contributed by atoms with E-state index < -0.39 is 0 Å². The third kappa shape index (κ3) is 3.51. The van der Waals surface area contributed by atoms with Crippen molar-refractivity contribution in [2.45, 2.75) is 40.2 Å². The lowest BCUT2D eigenvalue weighted by Gasteiger charge is -2.30. The molecule has 1 heterocycles. The van der Waals surface area contributed by atoms with Gasteiger partial charge in [-0.25, -0.2) is 0 Å². The van der Waals surface area contributed by atoms with Gasteiger partial charge in [0.25, 0.3) is 0 Å². The van der Waals surface area contributed by atoms with Gasteiger partial charge in [-0.15, -0.1) is 0 Å². The normalized spacial score (nSPS) is 16.1. The van der Waals surface area contributed by atoms with Gasteiger partial charge in [-0.05, 0) is 80.1 Å². The average molecular weight is 355 g/mol. The first-order valence-corrected chi connectivity index (χ1v) is 9.39. The van der Waals surface area contributed by atoms with Gasteiger partial charge in [0.15, 0.2) is 11.5 Å². The Balaban J connectivity index is 2.08. The van der Waals surface area contributed by atoms with Gasteiger partial charge in [-0.3, -0.25) is 0 Å². The van der Waals surface area contributed by atoms with E-state index >= 15 is 0 Å². The molecule has 0 spiro atoms. The van der Waals surface area contributed by atoms with Crippen LogP contribution in [0, 0.1) is 13.8 Å². The van der Waals surface area contributed by atoms with E-state index in [1.807, 2.05) is 13.8 Å². The Hall–Kier alpha value is -2.20. The molecule has 140 valence electrons. The molecule has 1 atom stereocenters. The lowest BCUT2D eigenvalue weighted by Crippen LogP contribution is -2.31. The van der Waals surface area contributed by atoms with Crippen molar-refractivity contribution in [2.75, 3.05) is 26.9 Å². The van der Waals surface area contributed by atoms with Gasteiger partial charge in [-0.1, -0.05) is 6.07 Å². The molecule has 0 aliphatic carbocycles. The van der Waals surface area contributed by atoms with Gasteiger partial charge in [-0.2, -0.15) is 0 Å². The third-order valence-electron chi connectivity index (χ3n) is 4.95. The van der Waals surface area contributed by atoms with Crippen molar-refractivity contribution in [3.63, 3.8) is 0 Å². The zero-order chi connectivity index (χ0) is 18.7. The van der Waals surface area contributed by atoms with E-state index in [1.165, 1.54) is 22.3 Å². The summed E-state index contributed by atoms with van der Waals surface area (Å²) in [5.74, 6) is 2.60. The molecule has 2 aromatic carbocycles. The minimum atomic E-state index is 0.151. The SMILES string of the molecule is CCOc1cc2c(cc1OCC)[C@@H](c1cc(C)c(OC)cc1C)NCC2. The molecule has 0 saturated heterocycles. The summed E-state index contributed by atoms with van der Waals surface area (Å²) in [4.78, 5) is 0. The summed E-state index contributed by atoms with van der Waals surface area (Å²) in [7, 11) is 1.72. The fraction of sp³-hybridized carbons (Fsp3) is 0.455. The number of ether oxygens (including phenoxy) is 3. The Morgan fingerprint density at radius 2 is 1.58 bits per heavy atom. The molecular weight excluding hydrogens is 326 g/mol. The van der Waals surface area contributed by atoms with Gasteiger partial charge in [0.2, 0.25) is 0 Å². The zero-order valence-corrected chi connectivity index (χ0v) is 16.4. The van der Waals surface area contributed by atoms with Gasteiger partial charge >= 0.3 is 0 Å². The van der Waals surface area contributed by atoms with Crippen molar-refractivity contribution in [1.29, 1.82) is 0 Å². The van der Waals surface area contributed by atoms with Crippen LogP contribution in [0.3, 0.4) is 0 Å². The van der Waals surface area contributed by atoms with Crippen LogP contribution in [0.1, 0.15) is 47.7 Å². The maximum Gasteiger partial charge on any atom is 0.161 e. The maximum atomic E-state index is 5.86. The van der Waals surface area contributed by atoms with Crippen molar-refractivity contribution in [2.24, 2.45) is 0 Å². The minimum Gasteiger partial charge on any atom is -0.496 e. The molecule has 26 heavy (non-hydrogen) atoms. The van der Waals surface area contributed by atoms with Crippen LogP contribution in [0.15, 0.2) is 24.3 Å². The first-order valence-electron chi connectivity index (χ1n) is 9.39. The summed E-state index contributed by atoms with van der Waals surface area (Å²) in [5.41, 5.74) is 6.27. The van der Waals surface area contributed by atoms with E-state index in [0.717, 1.165) is 35.8 Å². The van der Waals surface area contributed by atoms with Crippen LogP contribution in [0.25, 0.3) is 0 Å². The number of aryl methyl sites for hydroxylation is 2. The van der Waals surface area contributed by atoms with E-state index in [-0.39, 0.29) is 6.04 Å². The monoisotopic (exact) mass is 355 g/mol. The quantitative estimate of drug-likeness (QED) is 0.836. The highest BCUT2D eigenvalue weighted by Crippen LogP contribution is 2.39. The summed E-state index contributed by atoms with van der Waals surface area (Å²) < 4.78 is 17.1. The summed E-state index contributed by atoms with van der Waals surface area (Å²) in [6.45, 7) is 10.4. The van der Waals surface area contributed by atoms with E-state index in [2.05, 4.69) is 43.4 Å². The van der Waals surface area contributed by atoms with Gasteiger partial charge < -0.3 is 19.5 Å². The molecule has 0 bridgehead atoms. The highest BCUT2D eigenvalue weighted by atomic mass is 16.5. The molecule has 0 aromatic heterocycles.